The molecule has 0 aliphatic rings. The number of nitrogens with zero attached hydrogens (tertiary/aromatic N) is 3. The van der Waals surface area contributed by atoms with Crippen LogP contribution in [0.2, 0.25) is 0 Å². The minimum Gasteiger partial charge on any atom is -0.444 e. The van der Waals surface area contributed by atoms with Crippen molar-refractivity contribution < 1.29 is 9.53 Å². The fourth-order valence-electron chi connectivity index (χ4n) is 1.94. The molecule has 0 aliphatic carbocycles. The van der Waals surface area contributed by atoms with E-state index in [0.717, 1.165) is 11.3 Å². The molecule has 1 unspecified atom stereocenters. The van der Waals surface area contributed by atoms with E-state index in [0.29, 0.717) is 6.54 Å². The van der Waals surface area contributed by atoms with Crippen LogP contribution in [0.4, 0.5) is 4.79 Å². The first-order chi connectivity index (χ1) is 9.85. The Hall–Kier alpha value is -2.31. The molecule has 1 atom stereocenters. The van der Waals surface area contributed by atoms with Gasteiger partial charge in [-0.25, -0.2) is 9.78 Å². The van der Waals surface area contributed by atoms with Crippen molar-refractivity contribution in [1.29, 1.82) is 0 Å². The van der Waals surface area contributed by atoms with Crippen LogP contribution in [0.1, 0.15) is 45.0 Å². The van der Waals surface area contributed by atoms with Gasteiger partial charge in [0, 0.05) is 11.8 Å². The zero-order valence-corrected chi connectivity index (χ0v) is 12.8. The lowest BCUT2D eigenvalue weighted by molar-refractivity contribution is 0.0506. The number of nitrogens with one attached hydrogen (secondary N) is 2. The van der Waals surface area contributed by atoms with Gasteiger partial charge in [-0.2, -0.15) is 5.10 Å². The average Bonchev–Trinajstić information content (AvgIpc) is 2.97. The van der Waals surface area contributed by atoms with Crippen molar-refractivity contribution in [2.45, 2.75) is 45.9 Å². The molecule has 0 bridgehead atoms. The van der Waals surface area contributed by atoms with Gasteiger partial charge in [0.15, 0.2) is 0 Å². The quantitative estimate of drug-likeness (QED) is 0.904. The van der Waals surface area contributed by atoms with E-state index in [2.05, 4.69) is 20.5 Å². The molecule has 2 heterocycles. The van der Waals surface area contributed by atoms with Crippen LogP contribution in [0.15, 0.2) is 24.9 Å². The number of aromatic nitrogens is 4. The Bertz CT molecular complexity index is 583. The molecular weight excluding hydrogens is 270 g/mol. The number of ether oxygens (including phenoxy) is 1. The van der Waals surface area contributed by atoms with Crippen LogP contribution >= 0.6 is 0 Å². The Kier molecular flexibility index (Phi) is 4.30. The van der Waals surface area contributed by atoms with Gasteiger partial charge in [-0.1, -0.05) is 0 Å². The number of amides is 1. The van der Waals surface area contributed by atoms with Gasteiger partial charge in [0.2, 0.25) is 0 Å². The fourth-order valence-corrected chi connectivity index (χ4v) is 1.94. The monoisotopic (exact) mass is 291 g/mol. The lowest BCUT2D eigenvalue weighted by atomic mass is 10.2. The van der Waals surface area contributed by atoms with Crippen molar-refractivity contribution in [3.05, 3.63) is 36.2 Å². The summed E-state index contributed by atoms with van der Waals surface area (Å²) in [5.74, 6) is 0. The number of carbonyl (C=O) groups is 1. The number of rotatable bonds is 4. The maximum absolute atomic E-state index is 11.8. The second kappa shape index (κ2) is 5.99. The van der Waals surface area contributed by atoms with Crippen LogP contribution in [0.5, 0.6) is 0 Å². The first kappa shape index (κ1) is 15.1. The van der Waals surface area contributed by atoms with Gasteiger partial charge in [0.25, 0.3) is 0 Å². The Morgan fingerprint density at radius 3 is 2.86 bits per heavy atom. The number of imidazole rings is 1. The van der Waals surface area contributed by atoms with E-state index < -0.39 is 11.7 Å². The van der Waals surface area contributed by atoms with Crippen molar-refractivity contribution in [2.75, 3.05) is 0 Å². The van der Waals surface area contributed by atoms with Crippen LogP contribution in [0, 0.1) is 0 Å². The summed E-state index contributed by atoms with van der Waals surface area (Å²) in [7, 11) is 0. The number of hydrogen-bond donors (Lipinski definition) is 2. The van der Waals surface area contributed by atoms with Gasteiger partial charge < -0.3 is 14.6 Å². The molecule has 2 aromatic rings. The highest BCUT2D eigenvalue weighted by atomic mass is 16.6. The zero-order chi connectivity index (χ0) is 15.5. The van der Waals surface area contributed by atoms with Crippen molar-refractivity contribution in [1.82, 2.24) is 25.1 Å². The molecule has 0 aliphatic heterocycles. The van der Waals surface area contributed by atoms with Crippen LogP contribution in [-0.2, 0) is 11.3 Å². The molecule has 7 heteroatoms. The zero-order valence-electron chi connectivity index (χ0n) is 12.8. The third-order valence-corrected chi connectivity index (χ3v) is 2.83. The molecule has 2 N–H and O–H groups in total. The minimum atomic E-state index is -0.513. The first-order valence-corrected chi connectivity index (χ1v) is 6.82. The highest BCUT2D eigenvalue weighted by Crippen LogP contribution is 2.15. The van der Waals surface area contributed by atoms with Crippen molar-refractivity contribution >= 4 is 6.09 Å². The molecule has 0 saturated heterocycles. The van der Waals surface area contributed by atoms with E-state index in [1.54, 1.807) is 18.7 Å². The second-order valence-electron chi connectivity index (χ2n) is 5.92. The van der Waals surface area contributed by atoms with E-state index in [4.69, 9.17) is 4.74 Å². The Balaban J connectivity index is 2.01. The molecule has 2 rings (SSSR count). The third-order valence-electron chi connectivity index (χ3n) is 2.83. The smallest absolute Gasteiger partial charge is 0.408 e. The van der Waals surface area contributed by atoms with Crippen molar-refractivity contribution in [3.8, 4) is 0 Å². The van der Waals surface area contributed by atoms with Crippen molar-refractivity contribution in [3.63, 3.8) is 0 Å². The predicted octanol–water partition coefficient (Wildman–Crippen LogP) is 2.24. The van der Waals surface area contributed by atoms with E-state index in [1.165, 1.54) is 0 Å². The molecule has 0 aromatic carbocycles. The van der Waals surface area contributed by atoms with E-state index >= 15 is 0 Å². The second-order valence-corrected chi connectivity index (χ2v) is 5.92. The number of alkyl carbamates (subject to hydrolysis) is 1. The molecule has 0 saturated carbocycles. The molecule has 2 aromatic heterocycles. The molecular formula is C14H21N5O2. The summed E-state index contributed by atoms with van der Waals surface area (Å²) < 4.78 is 7.22. The highest BCUT2D eigenvalue weighted by Gasteiger charge is 2.19. The maximum Gasteiger partial charge on any atom is 0.408 e. The predicted molar refractivity (Wildman–Crippen MR) is 77.7 cm³/mol. The SMILES string of the molecule is CC(NC(=O)OC(C)(C)C)c1cncn1Cc1cn[nH]c1. The van der Waals surface area contributed by atoms with E-state index in [1.807, 2.05) is 38.5 Å². The summed E-state index contributed by atoms with van der Waals surface area (Å²) in [4.78, 5) is 16.0. The van der Waals surface area contributed by atoms with Gasteiger partial charge in [0.1, 0.15) is 5.60 Å². The van der Waals surface area contributed by atoms with Crippen LogP contribution in [0.3, 0.4) is 0 Å². The minimum absolute atomic E-state index is 0.200. The Morgan fingerprint density at radius 1 is 1.48 bits per heavy atom. The fraction of sp³-hybridized carbons (Fsp3) is 0.500. The molecule has 1 amide bonds. The standard InChI is InChI=1S/C14H21N5O2/c1-10(18-13(20)21-14(2,3)4)12-7-15-9-19(12)8-11-5-16-17-6-11/h5-7,9-10H,8H2,1-4H3,(H,16,17)(H,18,20). The molecule has 21 heavy (non-hydrogen) atoms. The average molecular weight is 291 g/mol. The van der Waals surface area contributed by atoms with Gasteiger partial charge in [0.05, 0.1) is 37.0 Å². The van der Waals surface area contributed by atoms with Crippen molar-refractivity contribution in [2.24, 2.45) is 0 Å². The van der Waals surface area contributed by atoms with Gasteiger partial charge in [-0.3, -0.25) is 5.10 Å². The van der Waals surface area contributed by atoms with Crippen LogP contribution in [-0.4, -0.2) is 31.4 Å². The number of carbonyl (C=O) groups excluding carboxylic acids is 1. The first-order valence-electron chi connectivity index (χ1n) is 6.82. The van der Waals surface area contributed by atoms with Crippen LogP contribution in [0.25, 0.3) is 0 Å². The number of H-pyrrole nitrogens is 1. The largest absolute Gasteiger partial charge is 0.444 e. The van der Waals surface area contributed by atoms with Crippen LogP contribution < -0.4 is 5.32 Å². The molecule has 0 spiro atoms. The Labute approximate surface area is 123 Å². The number of aromatic amines is 1. The lowest BCUT2D eigenvalue weighted by Crippen LogP contribution is -2.34. The lowest BCUT2D eigenvalue weighted by Gasteiger charge is -2.22. The van der Waals surface area contributed by atoms with Gasteiger partial charge >= 0.3 is 6.09 Å². The summed E-state index contributed by atoms with van der Waals surface area (Å²) >= 11 is 0. The maximum atomic E-state index is 11.8. The van der Waals surface area contributed by atoms with Gasteiger partial charge in [-0.05, 0) is 27.7 Å². The van der Waals surface area contributed by atoms with E-state index in [9.17, 15) is 4.79 Å². The normalized spacial score (nSPS) is 13.0. The third kappa shape index (κ3) is 4.34. The number of hydrogen-bond acceptors (Lipinski definition) is 4. The molecule has 0 radical (unpaired) electrons. The molecule has 7 nitrogen and oxygen atoms in total. The summed E-state index contributed by atoms with van der Waals surface area (Å²) in [5, 5.41) is 9.51. The summed E-state index contributed by atoms with van der Waals surface area (Å²) in [6, 6.07) is -0.200. The summed E-state index contributed by atoms with van der Waals surface area (Å²) in [6.07, 6.45) is 6.62. The molecule has 114 valence electrons. The van der Waals surface area contributed by atoms with E-state index in [-0.39, 0.29) is 6.04 Å². The highest BCUT2D eigenvalue weighted by molar-refractivity contribution is 5.68. The van der Waals surface area contributed by atoms with Gasteiger partial charge in [-0.15, -0.1) is 0 Å². The summed E-state index contributed by atoms with van der Waals surface area (Å²) in [5.41, 5.74) is 1.43. The summed E-state index contributed by atoms with van der Waals surface area (Å²) in [6.45, 7) is 8.04. The Morgan fingerprint density at radius 2 is 2.24 bits per heavy atom. The molecule has 0 fully saturated rings. The topological polar surface area (TPSA) is 84.8 Å².